The molecule has 0 atom stereocenters. The van der Waals surface area contributed by atoms with E-state index in [2.05, 4.69) is 15.5 Å². The summed E-state index contributed by atoms with van der Waals surface area (Å²) in [6.07, 6.45) is 0. The zero-order valence-corrected chi connectivity index (χ0v) is 11.7. The minimum absolute atomic E-state index is 0.0230. The summed E-state index contributed by atoms with van der Waals surface area (Å²) in [5.41, 5.74) is 2.67. The molecule has 0 spiro atoms. The van der Waals surface area contributed by atoms with Crippen LogP contribution in [0.4, 0.5) is 0 Å². The smallest absolute Gasteiger partial charge is 0.230 e. The number of rotatable bonds is 5. The van der Waals surface area contributed by atoms with Crippen molar-refractivity contribution in [3.63, 3.8) is 0 Å². The first-order chi connectivity index (χ1) is 8.74. The number of thioether (sulfide) groups is 1. The number of carbonyl (C=O) groups excluding carboxylic acids is 1. The molecule has 1 N–H and O–H groups in total. The summed E-state index contributed by atoms with van der Waals surface area (Å²) in [6.45, 7) is 0.507. The van der Waals surface area contributed by atoms with E-state index in [0.717, 1.165) is 9.90 Å². The van der Waals surface area contributed by atoms with Gasteiger partial charge >= 0.3 is 0 Å². The molecule has 0 fully saturated rings. The van der Waals surface area contributed by atoms with Crippen LogP contribution in [0.3, 0.4) is 0 Å². The van der Waals surface area contributed by atoms with E-state index in [1.807, 2.05) is 12.1 Å². The van der Waals surface area contributed by atoms with Crippen LogP contribution in [-0.2, 0) is 11.3 Å². The average Bonchev–Trinajstić information content (AvgIpc) is 2.89. The van der Waals surface area contributed by atoms with E-state index in [0.29, 0.717) is 17.3 Å². The molecule has 7 heteroatoms. The van der Waals surface area contributed by atoms with Gasteiger partial charge in [0.25, 0.3) is 0 Å². The molecule has 0 aliphatic carbocycles. The Bertz CT molecular complexity index is 502. The van der Waals surface area contributed by atoms with Crippen molar-refractivity contribution >= 4 is 40.6 Å². The van der Waals surface area contributed by atoms with Gasteiger partial charge in [-0.15, -0.1) is 10.2 Å². The van der Waals surface area contributed by atoms with Crippen LogP contribution < -0.4 is 5.32 Å². The monoisotopic (exact) mass is 299 g/mol. The largest absolute Gasteiger partial charge is 0.351 e. The standard InChI is InChI=1S/C11H10ClN3OS2/c12-9-3-1-8(2-4-9)5-13-10(16)6-17-11-15-14-7-18-11/h1-4,7H,5-6H2,(H,13,16). The van der Waals surface area contributed by atoms with Crippen molar-refractivity contribution in [2.24, 2.45) is 0 Å². The van der Waals surface area contributed by atoms with Gasteiger partial charge in [0, 0.05) is 11.6 Å². The predicted octanol–water partition coefficient (Wildman–Crippen LogP) is 2.60. The fourth-order valence-corrected chi connectivity index (χ4v) is 2.65. The van der Waals surface area contributed by atoms with E-state index in [-0.39, 0.29) is 5.91 Å². The number of nitrogens with zero attached hydrogens (tertiary/aromatic N) is 2. The molecule has 1 amide bonds. The Balaban J connectivity index is 1.73. The number of benzene rings is 1. The van der Waals surface area contributed by atoms with Gasteiger partial charge in [-0.25, -0.2) is 0 Å². The maximum atomic E-state index is 11.6. The lowest BCUT2D eigenvalue weighted by Gasteiger charge is -2.04. The first kappa shape index (κ1) is 13.3. The predicted molar refractivity (Wildman–Crippen MR) is 73.9 cm³/mol. The van der Waals surface area contributed by atoms with E-state index in [4.69, 9.17) is 11.6 Å². The number of halogens is 1. The van der Waals surface area contributed by atoms with Gasteiger partial charge in [0.05, 0.1) is 5.75 Å². The quantitative estimate of drug-likeness (QED) is 0.862. The fourth-order valence-electron chi connectivity index (χ4n) is 1.21. The Morgan fingerprint density at radius 2 is 2.17 bits per heavy atom. The van der Waals surface area contributed by atoms with Crippen molar-refractivity contribution in [1.82, 2.24) is 15.5 Å². The molecule has 4 nitrogen and oxygen atoms in total. The van der Waals surface area contributed by atoms with Gasteiger partial charge in [-0.2, -0.15) is 0 Å². The van der Waals surface area contributed by atoms with Crippen molar-refractivity contribution in [2.75, 3.05) is 5.75 Å². The van der Waals surface area contributed by atoms with Crippen molar-refractivity contribution in [3.05, 3.63) is 40.4 Å². The molecule has 18 heavy (non-hydrogen) atoms. The van der Waals surface area contributed by atoms with Crippen LogP contribution in [0.1, 0.15) is 5.56 Å². The number of hydrogen-bond acceptors (Lipinski definition) is 5. The molecule has 0 saturated heterocycles. The van der Waals surface area contributed by atoms with Crippen LogP contribution in [0.5, 0.6) is 0 Å². The van der Waals surface area contributed by atoms with E-state index in [1.165, 1.54) is 23.1 Å². The molecule has 2 aromatic rings. The molecule has 0 unspecified atom stereocenters. The summed E-state index contributed by atoms with van der Waals surface area (Å²) in [5.74, 6) is 0.327. The zero-order chi connectivity index (χ0) is 12.8. The number of carbonyl (C=O) groups is 1. The molecule has 0 bridgehead atoms. The first-order valence-corrected chi connectivity index (χ1v) is 7.38. The van der Waals surface area contributed by atoms with Gasteiger partial charge in [0.1, 0.15) is 5.51 Å². The van der Waals surface area contributed by atoms with Crippen LogP contribution in [0, 0.1) is 0 Å². The summed E-state index contributed by atoms with van der Waals surface area (Å²) >= 11 is 8.59. The highest BCUT2D eigenvalue weighted by Gasteiger charge is 2.04. The van der Waals surface area contributed by atoms with E-state index in [1.54, 1.807) is 17.6 Å². The third-order valence-electron chi connectivity index (χ3n) is 2.07. The molecular formula is C11H10ClN3OS2. The number of nitrogens with one attached hydrogen (secondary N) is 1. The molecule has 0 saturated carbocycles. The van der Waals surface area contributed by atoms with Crippen LogP contribution in [0.2, 0.25) is 5.02 Å². The van der Waals surface area contributed by atoms with E-state index < -0.39 is 0 Å². The molecule has 0 aliphatic heterocycles. The Morgan fingerprint density at radius 3 is 2.83 bits per heavy atom. The minimum atomic E-state index is -0.0230. The lowest BCUT2D eigenvalue weighted by atomic mass is 10.2. The maximum Gasteiger partial charge on any atom is 0.230 e. The average molecular weight is 300 g/mol. The third kappa shape index (κ3) is 4.29. The highest BCUT2D eigenvalue weighted by Crippen LogP contribution is 2.18. The molecule has 1 heterocycles. The van der Waals surface area contributed by atoms with Crippen molar-refractivity contribution in [3.8, 4) is 0 Å². The summed E-state index contributed by atoms with van der Waals surface area (Å²) in [6, 6.07) is 7.39. The number of aromatic nitrogens is 2. The topological polar surface area (TPSA) is 54.9 Å². The zero-order valence-electron chi connectivity index (χ0n) is 9.30. The SMILES string of the molecule is O=C(CSc1nncs1)NCc1ccc(Cl)cc1. The molecule has 1 aromatic heterocycles. The maximum absolute atomic E-state index is 11.6. The minimum Gasteiger partial charge on any atom is -0.351 e. The van der Waals surface area contributed by atoms with Crippen molar-refractivity contribution < 1.29 is 4.79 Å². The van der Waals surface area contributed by atoms with Crippen LogP contribution in [0.25, 0.3) is 0 Å². The van der Waals surface area contributed by atoms with Crippen molar-refractivity contribution in [2.45, 2.75) is 10.9 Å². The Kier molecular flexibility index (Phi) is 4.98. The Hall–Kier alpha value is -1.11. The summed E-state index contributed by atoms with van der Waals surface area (Å²) in [5, 5.41) is 11.1. The Labute approximate surface area is 118 Å². The van der Waals surface area contributed by atoms with E-state index in [9.17, 15) is 4.79 Å². The Morgan fingerprint density at radius 1 is 1.39 bits per heavy atom. The van der Waals surface area contributed by atoms with E-state index >= 15 is 0 Å². The van der Waals surface area contributed by atoms with Gasteiger partial charge < -0.3 is 5.32 Å². The molecular weight excluding hydrogens is 290 g/mol. The van der Waals surface area contributed by atoms with Crippen LogP contribution >= 0.6 is 34.7 Å². The van der Waals surface area contributed by atoms with Crippen LogP contribution in [0.15, 0.2) is 34.1 Å². The summed E-state index contributed by atoms with van der Waals surface area (Å²) < 4.78 is 0.802. The molecule has 2 rings (SSSR count). The highest BCUT2D eigenvalue weighted by molar-refractivity contribution is 8.01. The molecule has 1 aromatic carbocycles. The van der Waals surface area contributed by atoms with Gasteiger partial charge in [0.2, 0.25) is 5.91 Å². The molecule has 94 valence electrons. The molecule has 0 aliphatic rings. The van der Waals surface area contributed by atoms with Crippen LogP contribution in [-0.4, -0.2) is 21.9 Å². The fraction of sp³-hybridized carbons (Fsp3) is 0.182. The lowest BCUT2D eigenvalue weighted by molar-refractivity contribution is -0.118. The lowest BCUT2D eigenvalue weighted by Crippen LogP contribution is -2.24. The second-order valence-electron chi connectivity index (χ2n) is 3.40. The highest BCUT2D eigenvalue weighted by atomic mass is 35.5. The first-order valence-electron chi connectivity index (χ1n) is 5.14. The third-order valence-corrected chi connectivity index (χ3v) is 4.18. The van der Waals surface area contributed by atoms with Gasteiger partial charge in [-0.05, 0) is 17.7 Å². The normalized spacial score (nSPS) is 10.3. The van der Waals surface area contributed by atoms with Gasteiger partial charge in [-0.1, -0.05) is 46.8 Å². The summed E-state index contributed by atoms with van der Waals surface area (Å²) in [4.78, 5) is 11.6. The second kappa shape index (κ2) is 6.72. The number of hydrogen-bond donors (Lipinski definition) is 1. The van der Waals surface area contributed by atoms with Gasteiger partial charge in [-0.3, -0.25) is 4.79 Å². The molecule has 0 radical (unpaired) electrons. The van der Waals surface area contributed by atoms with Crippen molar-refractivity contribution in [1.29, 1.82) is 0 Å². The van der Waals surface area contributed by atoms with Gasteiger partial charge in [0.15, 0.2) is 4.34 Å². The second-order valence-corrected chi connectivity index (χ2v) is 5.89. The number of amides is 1. The summed E-state index contributed by atoms with van der Waals surface area (Å²) in [7, 11) is 0.